The number of thiophene rings is 1. The van der Waals surface area contributed by atoms with Gasteiger partial charge in [0, 0.05) is 11.4 Å². The maximum absolute atomic E-state index is 11.7. The van der Waals surface area contributed by atoms with Gasteiger partial charge >= 0.3 is 12.0 Å². The number of nitrogens with zero attached hydrogens (tertiary/aromatic N) is 1. The van der Waals surface area contributed by atoms with Gasteiger partial charge < -0.3 is 21.1 Å². The zero-order valence-electron chi connectivity index (χ0n) is 10.5. The lowest BCUT2D eigenvalue weighted by atomic mass is 10.3. The second-order valence-corrected chi connectivity index (χ2v) is 5.70. The largest absolute Gasteiger partial charge is 0.480 e. The lowest BCUT2D eigenvalue weighted by Crippen LogP contribution is -2.47. The molecule has 0 bridgehead atoms. The Hall–Kier alpha value is -1.80. The molecule has 0 spiro atoms. The van der Waals surface area contributed by atoms with Crippen molar-refractivity contribution in [3.8, 4) is 0 Å². The number of amides is 3. The Morgan fingerprint density at radius 1 is 1.35 bits per heavy atom. The van der Waals surface area contributed by atoms with Crippen molar-refractivity contribution >= 4 is 40.8 Å². The first-order chi connectivity index (χ1) is 9.38. The van der Waals surface area contributed by atoms with Crippen LogP contribution in [0, 0.1) is 0 Å². The van der Waals surface area contributed by atoms with Crippen LogP contribution in [0.15, 0.2) is 12.1 Å². The van der Waals surface area contributed by atoms with Gasteiger partial charge in [0.05, 0.1) is 4.34 Å². The average molecular weight is 320 g/mol. The monoisotopic (exact) mass is 319 g/mol. The van der Waals surface area contributed by atoms with E-state index in [1.54, 1.807) is 6.07 Å². The van der Waals surface area contributed by atoms with Crippen LogP contribution in [0.5, 0.6) is 0 Å². The molecule has 20 heavy (non-hydrogen) atoms. The highest BCUT2D eigenvalue weighted by atomic mass is 35.5. The summed E-state index contributed by atoms with van der Waals surface area (Å²) in [7, 11) is 0. The minimum absolute atomic E-state index is 0.310. The molecule has 7 nitrogen and oxygen atoms in total. The summed E-state index contributed by atoms with van der Waals surface area (Å²) < 4.78 is 0.660. The number of primary amides is 1. The summed E-state index contributed by atoms with van der Waals surface area (Å²) in [5, 5.41) is 11.2. The van der Waals surface area contributed by atoms with Crippen molar-refractivity contribution < 1.29 is 19.5 Å². The Labute approximate surface area is 124 Å². The van der Waals surface area contributed by atoms with Crippen LogP contribution in [0.2, 0.25) is 4.34 Å². The number of aliphatic carboxylic acids is 1. The zero-order valence-corrected chi connectivity index (χ0v) is 12.0. The number of hydrogen-bond donors (Lipinski definition) is 3. The number of rotatable bonds is 7. The van der Waals surface area contributed by atoms with Gasteiger partial charge in [-0.05, 0) is 18.6 Å². The molecule has 9 heteroatoms. The number of carbonyl (C=O) groups excluding carboxylic acids is 2. The van der Waals surface area contributed by atoms with Gasteiger partial charge in [-0.15, -0.1) is 11.3 Å². The third-order valence-corrected chi connectivity index (χ3v) is 3.53. The van der Waals surface area contributed by atoms with Crippen molar-refractivity contribution in [3.05, 3.63) is 21.3 Å². The van der Waals surface area contributed by atoms with Crippen LogP contribution in [0.4, 0.5) is 4.79 Å². The van der Waals surface area contributed by atoms with Gasteiger partial charge in [0.25, 0.3) is 0 Å². The molecule has 3 amide bonds. The first kappa shape index (κ1) is 16.3. The Kier molecular flexibility index (Phi) is 6.26. The van der Waals surface area contributed by atoms with Crippen LogP contribution in [-0.4, -0.2) is 47.5 Å². The fraction of sp³-hybridized carbons (Fsp3) is 0.364. The second kappa shape index (κ2) is 7.71. The number of urea groups is 1. The number of nitrogens with two attached hydrogens (primary N) is 1. The molecule has 0 unspecified atom stereocenters. The van der Waals surface area contributed by atoms with E-state index in [0.717, 1.165) is 9.78 Å². The molecular weight excluding hydrogens is 306 g/mol. The van der Waals surface area contributed by atoms with Crippen molar-refractivity contribution in [2.24, 2.45) is 5.73 Å². The Morgan fingerprint density at radius 2 is 2.05 bits per heavy atom. The number of carboxylic acid groups (broad SMARTS) is 1. The predicted molar refractivity (Wildman–Crippen MR) is 74.8 cm³/mol. The van der Waals surface area contributed by atoms with Crippen LogP contribution in [0.25, 0.3) is 0 Å². The molecule has 0 aliphatic carbocycles. The number of carboxylic acids is 1. The molecule has 110 valence electrons. The van der Waals surface area contributed by atoms with Gasteiger partial charge in [-0.25, -0.2) is 4.79 Å². The molecule has 0 saturated carbocycles. The van der Waals surface area contributed by atoms with Crippen molar-refractivity contribution in [3.63, 3.8) is 0 Å². The molecule has 0 atom stereocenters. The Bertz CT molecular complexity index is 490. The van der Waals surface area contributed by atoms with E-state index in [9.17, 15) is 14.4 Å². The lowest BCUT2D eigenvalue weighted by Gasteiger charge is -2.19. The van der Waals surface area contributed by atoms with Crippen molar-refractivity contribution in [1.82, 2.24) is 10.2 Å². The Balaban J connectivity index is 2.44. The third-order valence-electron chi connectivity index (χ3n) is 2.24. The van der Waals surface area contributed by atoms with Crippen molar-refractivity contribution in [2.75, 3.05) is 19.6 Å². The van der Waals surface area contributed by atoms with Gasteiger partial charge in [0.2, 0.25) is 5.91 Å². The number of halogens is 1. The summed E-state index contributed by atoms with van der Waals surface area (Å²) in [4.78, 5) is 35.0. The highest BCUT2D eigenvalue weighted by Gasteiger charge is 2.18. The quantitative estimate of drug-likeness (QED) is 0.680. The van der Waals surface area contributed by atoms with Crippen LogP contribution >= 0.6 is 22.9 Å². The molecule has 0 radical (unpaired) electrons. The smallest absolute Gasteiger partial charge is 0.323 e. The van der Waals surface area contributed by atoms with E-state index in [1.165, 1.54) is 11.3 Å². The van der Waals surface area contributed by atoms with Gasteiger partial charge in [-0.2, -0.15) is 0 Å². The summed E-state index contributed by atoms with van der Waals surface area (Å²) in [5.41, 5.74) is 4.96. The van der Waals surface area contributed by atoms with E-state index in [2.05, 4.69) is 5.32 Å². The summed E-state index contributed by atoms with van der Waals surface area (Å²) in [5.74, 6) is -1.99. The van der Waals surface area contributed by atoms with Gasteiger partial charge in [0.1, 0.15) is 13.1 Å². The van der Waals surface area contributed by atoms with Gasteiger partial charge in [-0.1, -0.05) is 11.6 Å². The van der Waals surface area contributed by atoms with Crippen LogP contribution in [0.3, 0.4) is 0 Å². The van der Waals surface area contributed by atoms with Crippen molar-refractivity contribution in [1.29, 1.82) is 0 Å². The second-order valence-electron chi connectivity index (χ2n) is 3.90. The molecule has 0 aliphatic rings. The standard InChI is InChI=1S/C11H14ClN3O4S/c12-8-2-1-7(20-8)3-4-14-11(19)15(5-9(13)16)6-10(17)18/h1-2H,3-6H2,(H2,13,16)(H,14,19)(H,17,18). The molecule has 1 aromatic heterocycles. The van der Waals surface area contributed by atoms with E-state index >= 15 is 0 Å². The first-order valence-corrected chi connectivity index (χ1v) is 6.85. The van der Waals surface area contributed by atoms with E-state index in [4.69, 9.17) is 22.4 Å². The molecule has 4 N–H and O–H groups in total. The van der Waals surface area contributed by atoms with Gasteiger partial charge in [0.15, 0.2) is 0 Å². The summed E-state index contributed by atoms with van der Waals surface area (Å²) >= 11 is 7.17. The van der Waals surface area contributed by atoms with Crippen LogP contribution in [0.1, 0.15) is 4.88 Å². The maximum Gasteiger partial charge on any atom is 0.323 e. The van der Waals surface area contributed by atoms with Crippen LogP contribution < -0.4 is 11.1 Å². The van der Waals surface area contributed by atoms with E-state index < -0.39 is 31.0 Å². The number of nitrogens with one attached hydrogen (secondary N) is 1. The third kappa shape index (κ3) is 5.89. The molecule has 0 aromatic carbocycles. The molecular formula is C11H14ClN3O4S. The summed E-state index contributed by atoms with van der Waals surface area (Å²) in [6, 6.07) is 2.96. The molecule has 0 fully saturated rings. The Morgan fingerprint density at radius 3 is 2.55 bits per heavy atom. The SMILES string of the molecule is NC(=O)CN(CC(=O)O)C(=O)NCCc1ccc(Cl)s1. The minimum atomic E-state index is -1.22. The molecule has 1 aromatic rings. The minimum Gasteiger partial charge on any atom is -0.480 e. The fourth-order valence-corrected chi connectivity index (χ4v) is 2.53. The van der Waals surface area contributed by atoms with E-state index in [-0.39, 0.29) is 0 Å². The fourth-order valence-electron chi connectivity index (χ4n) is 1.44. The molecule has 0 aliphatic heterocycles. The average Bonchev–Trinajstić information content (AvgIpc) is 2.73. The van der Waals surface area contributed by atoms with E-state index in [1.807, 2.05) is 6.07 Å². The zero-order chi connectivity index (χ0) is 15.1. The highest BCUT2D eigenvalue weighted by Crippen LogP contribution is 2.21. The maximum atomic E-state index is 11.7. The first-order valence-electron chi connectivity index (χ1n) is 5.65. The molecule has 1 rings (SSSR count). The summed E-state index contributed by atoms with van der Waals surface area (Å²) in [6.45, 7) is -0.715. The number of hydrogen-bond acceptors (Lipinski definition) is 4. The van der Waals surface area contributed by atoms with Gasteiger partial charge in [-0.3, -0.25) is 9.59 Å². The predicted octanol–water partition coefficient (Wildman–Crippen LogP) is 0.526. The van der Waals surface area contributed by atoms with Crippen LogP contribution in [-0.2, 0) is 16.0 Å². The molecule has 0 saturated heterocycles. The molecule has 1 heterocycles. The topological polar surface area (TPSA) is 113 Å². The highest BCUT2D eigenvalue weighted by molar-refractivity contribution is 7.16. The number of carbonyl (C=O) groups is 3. The summed E-state index contributed by atoms with van der Waals surface area (Å²) in [6.07, 6.45) is 0.570. The lowest BCUT2D eigenvalue weighted by molar-refractivity contribution is -0.137. The van der Waals surface area contributed by atoms with Crippen molar-refractivity contribution in [2.45, 2.75) is 6.42 Å². The normalized spacial score (nSPS) is 10.1. The van der Waals surface area contributed by atoms with E-state index in [0.29, 0.717) is 17.3 Å².